The fourth-order valence-electron chi connectivity index (χ4n) is 2.87. The molecule has 2 nitrogen and oxygen atoms in total. The largest absolute Gasteiger partial charge is 0.497 e. The number of methoxy groups -OCH3 is 1. The van der Waals surface area contributed by atoms with Gasteiger partial charge in [-0.25, -0.2) is 0 Å². The highest BCUT2D eigenvalue weighted by Gasteiger charge is 2.32. The summed E-state index contributed by atoms with van der Waals surface area (Å²) in [7, 11) is 1.72. The predicted octanol–water partition coefficient (Wildman–Crippen LogP) is 4.43. The molecule has 0 bridgehead atoms. The quantitative estimate of drug-likeness (QED) is 0.817. The summed E-state index contributed by atoms with van der Waals surface area (Å²) in [4.78, 5) is 0. The second kappa shape index (κ2) is 6.63. The molecule has 1 aliphatic rings. The summed E-state index contributed by atoms with van der Waals surface area (Å²) < 4.78 is 5.26. The van der Waals surface area contributed by atoms with Crippen molar-refractivity contribution in [2.24, 2.45) is 5.92 Å². The van der Waals surface area contributed by atoms with Crippen LogP contribution in [0.15, 0.2) is 41.1 Å². The Balaban J connectivity index is 1.66. The van der Waals surface area contributed by atoms with E-state index in [1.807, 2.05) is 0 Å². The molecule has 3 heteroatoms. The van der Waals surface area contributed by atoms with E-state index in [0.717, 1.165) is 18.1 Å². The zero-order chi connectivity index (χ0) is 14.7. The molecule has 0 amide bonds. The van der Waals surface area contributed by atoms with Crippen molar-refractivity contribution in [1.29, 1.82) is 0 Å². The van der Waals surface area contributed by atoms with Gasteiger partial charge in [0.15, 0.2) is 0 Å². The Labute approximate surface area is 131 Å². The molecule has 0 saturated heterocycles. The summed E-state index contributed by atoms with van der Waals surface area (Å²) in [5, 5.41) is 8.24. The van der Waals surface area contributed by atoms with Crippen LogP contribution in [0.25, 0.3) is 0 Å². The fraction of sp³-hybridized carbons (Fsp3) is 0.444. The first-order valence-electron chi connectivity index (χ1n) is 7.67. The minimum Gasteiger partial charge on any atom is -0.497 e. The molecular formula is C18H23NOS. The van der Waals surface area contributed by atoms with Crippen LogP contribution in [0, 0.1) is 5.92 Å². The molecule has 1 aromatic carbocycles. The van der Waals surface area contributed by atoms with Crippen LogP contribution in [0.3, 0.4) is 0 Å². The Kier molecular flexibility index (Phi) is 4.61. The average molecular weight is 301 g/mol. The van der Waals surface area contributed by atoms with Gasteiger partial charge in [0.1, 0.15) is 5.75 Å². The maximum Gasteiger partial charge on any atom is 0.118 e. The molecule has 1 heterocycles. The van der Waals surface area contributed by atoms with Gasteiger partial charge in [-0.1, -0.05) is 12.1 Å². The van der Waals surface area contributed by atoms with E-state index in [1.165, 1.54) is 24.0 Å². The Morgan fingerprint density at radius 3 is 2.57 bits per heavy atom. The predicted molar refractivity (Wildman–Crippen MR) is 89.1 cm³/mol. The SMILES string of the molecule is COc1ccc(C(NC(C)Cc2ccsc2)C2CC2)cc1. The average Bonchev–Trinajstić information content (AvgIpc) is 3.23. The lowest BCUT2D eigenvalue weighted by Crippen LogP contribution is -2.33. The lowest BCUT2D eigenvalue weighted by atomic mass is 10.00. The van der Waals surface area contributed by atoms with Gasteiger partial charge in [-0.15, -0.1) is 0 Å². The molecule has 1 N–H and O–H groups in total. The molecule has 2 unspecified atom stereocenters. The number of ether oxygens (including phenoxy) is 1. The van der Waals surface area contributed by atoms with E-state index in [2.05, 4.69) is 53.3 Å². The highest BCUT2D eigenvalue weighted by Crippen LogP contribution is 2.41. The number of thiophene rings is 1. The minimum absolute atomic E-state index is 0.476. The van der Waals surface area contributed by atoms with Crippen molar-refractivity contribution in [3.05, 3.63) is 52.2 Å². The Hall–Kier alpha value is -1.32. The summed E-state index contributed by atoms with van der Waals surface area (Å²) in [6, 6.07) is 11.7. The topological polar surface area (TPSA) is 21.3 Å². The maximum atomic E-state index is 5.26. The third kappa shape index (κ3) is 3.86. The third-order valence-corrected chi connectivity index (χ3v) is 4.89. The van der Waals surface area contributed by atoms with Crippen LogP contribution >= 0.6 is 11.3 Å². The van der Waals surface area contributed by atoms with Gasteiger partial charge in [-0.2, -0.15) is 11.3 Å². The Morgan fingerprint density at radius 1 is 1.24 bits per heavy atom. The standard InChI is InChI=1S/C18H23NOS/c1-13(11-14-9-10-21-12-14)19-18(15-3-4-15)16-5-7-17(20-2)8-6-16/h5-10,12-13,15,18-19H,3-4,11H2,1-2H3. The monoisotopic (exact) mass is 301 g/mol. The Bertz CT molecular complexity index is 545. The number of benzene rings is 1. The normalized spacial score (nSPS) is 17.4. The fourth-order valence-corrected chi connectivity index (χ4v) is 3.55. The molecule has 1 fully saturated rings. The van der Waals surface area contributed by atoms with Crippen LogP contribution in [-0.2, 0) is 6.42 Å². The van der Waals surface area contributed by atoms with Crippen LogP contribution in [0.1, 0.15) is 36.9 Å². The summed E-state index contributed by atoms with van der Waals surface area (Å²) in [5.74, 6) is 1.72. The van der Waals surface area contributed by atoms with Crippen molar-refractivity contribution in [1.82, 2.24) is 5.32 Å². The van der Waals surface area contributed by atoms with Crippen molar-refractivity contribution in [3.63, 3.8) is 0 Å². The van der Waals surface area contributed by atoms with Gasteiger partial charge in [0, 0.05) is 12.1 Å². The van der Waals surface area contributed by atoms with Crippen LogP contribution in [0.2, 0.25) is 0 Å². The van der Waals surface area contributed by atoms with Gasteiger partial charge in [0.25, 0.3) is 0 Å². The minimum atomic E-state index is 0.476. The number of nitrogens with one attached hydrogen (secondary N) is 1. The lowest BCUT2D eigenvalue weighted by Gasteiger charge is -2.24. The first-order valence-corrected chi connectivity index (χ1v) is 8.61. The summed E-state index contributed by atoms with van der Waals surface area (Å²) in [5.41, 5.74) is 2.82. The Morgan fingerprint density at radius 2 is 2.00 bits per heavy atom. The number of hydrogen-bond acceptors (Lipinski definition) is 3. The lowest BCUT2D eigenvalue weighted by molar-refractivity contribution is 0.408. The van der Waals surface area contributed by atoms with Crippen molar-refractivity contribution in [2.45, 2.75) is 38.3 Å². The molecule has 2 aromatic rings. The van der Waals surface area contributed by atoms with E-state index < -0.39 is 0 Å². The first kappa shape index (κ1) is 14.6. The van der Waals surface area contributed by atoms with E-state index >= 15 is 0 Å². The smallest absolute Gasteiger partial charge is 0.118 e. The second-order valence-electron chi connectivity index (χ2n) is 5.99. The zero-order valence-corrected chi connectivity index (χ0v) is 13.5. The molecule has 112 valence electrons. The molecular weight excluding hydrogens is 278 g/mol. The van der Waals surface area contributed by atoms with Gasteiger partial charge in [0.05, 0.1) is 7.11 Å². The van der Waals surface area contributed by atoms with Crippen LogP contribution in [0.5, 0.6) is 5.75 Å². The molecule has 0 spiro atoms. The number of rotatable bonds is 7. The highest BCUT2D eigenvalue weighted by atomic mass is 32.1. The molecule has 1 saturated carbocycles. The first-order chi connectivity index (χ1) is 10.3. The van der Waals surface area contributed by atoms with Crippen LogP contribution < -0.4 is 10.1 Å². The van der Waals surface area contributed by atoms with Crippen LogP contribution in [0.4, 0.5) is 0 Å². The van der Waals surface area contributed by atoms with E-state index in [0.29, 0.717) is 12.1 Å². The molecule has 0 radical (unpaired) electrons. The van der Waals surface area contributed by atoms with E-state index in [1.54, 1.807) is 18.4 Å². The summed E-state index contributed by atoms with van der Waals surface area (Å²) in [6.07, 6.45) is 3.78. The van der Waals surface area contributed by atoms with Gasteiger partial charge in [-0.3, -0.25) is 0 Å². The molecule has 1 aromatic heterocycles. The summed E-state index contributed by atoms with van der Waals surface area (Å²) in [6.45, 7) is 2.29. The van der Waals surface area contributed by atoms with E-state index in [4.69, 9.17) is 4.74 Å². The van der Waals surface area contributed by atoms with Crippen molar-refractivity contribution in [2.75, 3.05) is 7.11 Å². The number of hydrogen-bond donors (Lipinski definition) is 1. The van der Waals surface area contributed by atoms with Gasteiger partial charge in [-0.05, 0) is 72.2 Å². The zero-order valence-electron chi connectivity index (χ0n) is 12.7. The maximum absolute atomic E-state index is 5.26. The van der Waals surface area contributed by atoms with E-state index in [-0.39, 0.29) is 0 Å². The van der Waals surface area contributed by atoms with Gasteiger partial charge in [0.2, 0.25) is 0 Å². The molecule has 3 rings (SSSR count). The van der Waals surface area contributed by atoms with Crippen molar-refractivity contribution >= 4 is 11.3 Å². The second-order valence-corrected chi connectivity index (χ2v) is 6.77. The van der Waals surface area contributed by atoms with Crippen molar-refractivity contribution in [3.8, 4) is 5.75 Å². The third-order valence-electron chi connectivity index (χ3n) is 4.15. The van der Waals surface area contributed by atoms with Crippen LogP contribution in [-0.4, -0.2) is 13.2 Å². The molecule has 21 heavy (non-hydrogen) atoms. The molecule has 1 aliphatic carbocycles. The molecule has 2 atom stereocenters. The van der Waals surface area contributed by atoms with Gasteiger partial charge >= 0.3 is 0 Å². The van der Waals surface area contributed by atoms with Crippen molar-refractivity contribution < 1.29 is 4.74 Å². The summed E-state index contributed by atoms with van der Waals surface area (Å²) >= 11 is 1.78. The van der Waals surface area contributed by atoms with E-state index in [9.17, 15) is 0 Å². The molecule has 0 aliphatic heterocycles. The highest BCUT2D eigenvalue weighted by molar-refractivity contribution is 7.07. The van der Waals surface area contributed by atoms with Gasteiger partial charge < -0.3 is 10.1 Å².